The van der Waals surface area contributed by atoms with E-state index in [1.165, 1.54) is 10.9 Å². The second-order valence-electron chi connectivity index (χ2n) is 4.79. The fraction of sp³-hybridized carbons (Fsp3) is 0.500. The minimum absolute atomic E-state index is 0.0972. The predicted molar refractivity (Wildman–Crippen MR) is 78.4 cm³/mol. The molecule has 21 heavy (non-hydrogen) atoms. The van der Waals surface area contributed by atoms with Crippen LogP contribution in [0.15, 0.2) is 15.5 Å². The highest BCUT2D eigenvalue weighted by Gasteiger charge is 2.10. The van der Waals surface area contributed by atoms with E-state index in [4.69, 9.17) is 16.1 Å². The summed E-state index contributed by atoms with van der Waals surface area (Å²) in [7, 11) is 3.85. The maximum absolute atomic E-state index is 12.1. The SMILES string of the molecule is Cc1noc(CNc2cnn(CCN(C)C)c(=O)c2Cl)n1. The maximum atomic E-state index is 12.1. The quantitative estimate of drug-likeness (QED) is 0.842. The Labute approximate surface area is 126 Å². The van der Waals surface area contributed by atoms with Gasteiger partial charge in [0.05, 0.1) is 25.0 Å². The van der Waals surface area contributed by atoms with Crippen molar-refractivity contribution in [3.63, 3.8) is 0 Å². The zero-order valence-electron chi connectivity index (χ0n) is 12.1. The predicted octanol–water partition coefficient (Wildman–Crippen LogP) is 0.762. The summed E-state index contributed by atoms with van der Waals surface area (Å²) < 4.78 is 6.31. The molecular weight excluding hydrogens is 296 g/mol. The van der Waals surface area contributed by atoms with E-state index in [0.29, 0.717) is 30.5 Å². The van der Waals surface area contributed by atoms with Gasteiger partial charge >= 0.3 is 0 Å². The Bertz CT molecular complexity index is 666. The molecule has 0 saturated carbocycles. The Kier molecular flexibility index (Phi) is 4.92. The number of rotatable bonds is 6. The van der Waals surface area contributed by atoms with E-state index in [2.05, 4.69) is 20.6 Å². The second-order valence-corrected chi connectivity index (χ2v) is 5.17. The average Bonchev–Trinajstić information content (AvgIpc) is 2.85. The molecule has 2 heterocycles. The molecule has 0 radical (unpaired) electrons. The van der Waals surface area contributed by atoms with Crippen molar-refractivity contribution < 1.29 is 4.52 Å². The number of likely N-dealkylation sites (N-methyl/N-ethyl adjacent to an activating group) is 1. The normalized spacial score (nSPS) is 11.1. The first-order valence-corrected chi connectivity index (χ1v) is 6.78. The van der Waals surface area contributed by atoms with E-state index in [9.17, 15) is 4.79 Å². The summed E-state index contributed by atoms with van der Waals surface area (Å²) in [4.78, 5) is 18.1. The van der Waals surface area contributed by atoms with Gasteiger partial charge < -0.3 is 14.7 Å². The Hall–Kier alpha value is -1.93. The monoisotopic (exact) mass is 312 g/mol. The van der Waals surface area contributed by atoms with Gasteiger partial charge in [-0.1, -0.05) is 16.8 Å². The molecule has 0 saturated heterocycles. The summed E-state index contributed by atoms with van der Waals surface area (Å²) in [5.74, 6) is 0.968. The average molecular weight is 313 g/mol. The summed E-state index contributed by atoms with van der Waals surface area (Å²) in [5, 5.41) is 10.8. The van der Waals surface area contributed by atoms with Crippen molar-refractivity contribution in [2.24, 2.45) is 0 Å². The lowest BCUT2D eigenvalue weighted by atomic mass is 10.4. The molecule has 9 heteroatoms. The number of nitrogens with one attached hydrogen (secondary N) is 1. The molecule has 0 fully saturated rings. The van der Waals surface area contributed by atoms with Gasteiger partial charge in [-0.2, -0.15) is 10.1 Å². The summed E-state index contributed by atoms with van der Waals surface area (Å²) >= 11 is 6.07. The number of aromatic nitrogens is 4. The van der Waals surface area contributed by atoms with Crippen LogP contribution >= 0.6 is 11.6 Å². The van der Waals surface area contributed by atoms with Crippen LogP contribution in [0.1, 0.15) is 11.7 Å². The lowest BCUT2D eigenvalue weighted by molar-refractivity contribution is 0.367. The number of nitrogens with zero attached hydrogens (tertiary/aromatic N) is 5. The van der Waals surface area contributed by atoms with E-state index in [1.807, 2.05) is 19.0 Å². The highest BCUT2D eigenvalue weighted by molar-refractivity contribution is 6.32. The van der Waals surface area contributed by atoms with Gasteiger partial charge in [-0.3, -0.25) is 4.79 Å². The van der Waals surface area contributed by atoms with Crippen LogP contribution in [0, 0.1) is 6.92 Å². The van der Waals surface area contributed by atoms with Gasteiger partial charge in [-0.15, -0.1) is 0 Å². The zero-order valence-corrected chi connectivity index (χ0v) is 12.9. The molecule has 2 aromatic rings. The zero-order chi connectivity index (χ0) is 15.4. The van der Waals surface area contributed by atoms with Crippen molar-refractivity contribution in [3.8, 4) is 0 Å². The second kappa shape index (κ2) is 6.68. The van der Waals surface area contributed by atoms with E-state index in [-0.39, 0.29) is 17.1 Å². The van der Waals surface area contributed by atoms with E-state index in [0.717, 1.165) is 0 Å². The van der Waals surface area contributed by atoms with Gasteiger partial charge in [0.15, 0.2) is 5.82 Å². The number of anilines is 1. The third-order valence-electron chi connectivity index (χ3n) is 2.74. The number of hydrogen-bond donors (Lipinski definition) is 1. The molecule has 2 aromatic heterocycles. The molecule has 0 aliphatic heterocycles. The van der Waals surface area contributed by atoms with Crippen LogP contribution < -0.4 is 10.9 Å². The van der Waals surface area contributed by atoms with E-state index < -0.39 is 0 Å². The molecule has 0 aliphatic carbocycles. The fourth-order valence-electron chi connectivity index (χ4n) is 1.62. The summed E-state index contributed by atoms with van der Waals surface area (Å²) in [6.07, 6.45) is 1.52. The first kappa shape index (κ1) is 15.5. The van der Waals surface area contributed by atoms with Gasteiger partial charge in [-0.25, -0.2) is 4.68 Å². The molecule has 0 amide bonds. The van der Waals surface area contributed by atoms with Crippen molar-refractivity contribution >= 4 is 17.3 Å². The Morgan fingerprint density at radius 3 is 2.86 bits per heavy atom. The van der Waals surface area contributed by atoms with Crippen LogP contribution in [0.2, 0.25) is 5.02 Å². The molecule has 0 aromatic carbocycles. The largest absolute Gasteiger partial charge is 0.373 e. The van der Waals surface area contributed by atoms with E-state index in [1.54, 1.807) is 6.92 Å². The molecule has 1 N–H and O–H groups in total. The van der Waals surface area contributed by atoms with Gasteiger partial charge in [0.1, 0.15) is 5.02 Å². The Morgan fingerprint density at radius 2 is 2.24 bits per heavy atom. The molecule has 8 nitrogen and oxygen atoms in total. The summed E-state index contributed by atoms with van der Waals surface area (Å²) in [6.45, 7) is 3.20. The van der Waals surface area contributed by atoms with Crippen LogP contribution in [-0.4, -0.2) is 45.5 Å². The number of halogens is 1. The van der Waals surface area contributed by atoms with Crippen molar-refractivity contribution in [3.05, 3.63) is 33.3 Å². The molecule has 0 aliphatic rings. The van der Waals surface area contributed by atoms with Gasteiger partial charge in [-0.05, 0) is 21.0 Å². The smallest absolute Gasteiger partial charge is 0.287 e. The van der Waals surface area contributed by atoms with Crippen LogP contribution in [0.5, 0.6) is 0 Å². The first-order valence-electron chi connectivity index (χ1n) is 6.41. The standard InChI is InChI=1S/C12H17ClN6O2/c1-8-16-10(21-17-8)7-14-9-6-15-19(5-4-18(2)3)12(20)11(9)13/h6,14H,4-5,7H2,1-3H3. The number of aryl methyl sites for hydroxylation is 1. The molecule has 2 rings (SSSR count). The highest BCUT2D eigenvalue weighted by atomic mass is 35.5. The van der Waals surface area contributed by atoms with Crippen molar-refractivity contribution in [1.82, 2.24) is 24.8 Å². The van der Waals surface area contributed by atoms with Gasteiger partial charge in [0.2, 0.25) is 5.89 Å². The third kappa shape index (κ3) is 4.02. The van der Waals surface area contributed by atoms with Crippen molar-refractivity contribution in [1.29, 1.82) is 0 Å². The Morgan fingerprint density at radius 1 is 1.48 bits per heavy atom. The minimum Gasteiger partial charge on any atom is -0.373 e. The molecule has 0 unspecified atom stereocenters. The first-order chi connectivity index (χ1) is 9.97. The topological polar surface area (TPSA) is 89.1 Å². The third-order valence-corrected chi connectivity index (χ3v) is 3.11. The lowest BCUT2D eigenvalue weighted by Crippen LogP contribution is -2.29. The van der Waals surface area contributed by atoms with Crippen LogP contribution in [0.4, 0.5) is 5.69 Å². The van der Waals surface area contributed by atoms with Crippen LogP contribution in [0.25, 0.3) is 0 Å². The van der Waals surface area contributed by atoms with Crippen molar-refractivity contribution in [2.75, 3.05) is 26.0 Å². The van der Waals surface area contributed by atoms with Gasteiger partial charge in [0, 0.05) is 6.54 Å². The van der Waals surface area contributed by atoms with Crippen LogP contribution in [-0.2, 0) is 13.1 Å². The highest BCUT2D eigenvalue weighted by Crippen LogP contribution is 2.16. The molecular formula is C12H17ClN6O2. The van der Waals surface area contributed by atoms with Crippen molar-refractivity contribution in [2.45, 2.75) is 20.0 Å². The number of hydrogen-bond acceptors (Lipinski definition) is 7. The van der Waals surface area contributed by atoms with Gasteiger partial charge in [0.25, 0.3) is 5.56 Å². The van der Waals surface area contributed by atoms with Crippen LogP contribution in [0.3, 0.4) is 0 Å². The fourth-order valence-corrected chi connectivity index (χ4v) is 1.84. The Balaban J connectivity index is 2.07. The molecule has 0 bridgehead atoms. The molecule has 0 atom stereocenters. The molecule has 114 valence electrons. The van der Waals surface area contributed by atoms with E-state index >= 15 is 0 Å². The lowest BCUT2D eigenvalue weighted by Gasteiger charge is -2.12. The minimum atomic E-state index is -0.328. The summed E-state index contributed by atoms with van der Waals surface area (Å²) in [5.41, 5.74) is 0.115. The molecule has 0 spiro atoms. The summed E-state index contributed by atoms with van der Waals surface area (Å²) in [6, 6.07) is 0. The maximum Gasteiger partial charge on any atom is 0.287 e.